The minimum absolute atomic E-state index is 0.189. The molecule has 0 bridgehead atoms. The van der Waals surface area contributed by atoms with Crippen LogP contribution in [0.2, 0.25) is 0 Å². The van der Waals surface area contributed by atoms with Crippen LogP contribution in [0, 0.1) is 0 Å². The molecule has 1 aromatic heterocycles. The average Bonchev–Trinajstić information content (AvgIpc) is 3.36. The Hall–Kier alpha value is -2.50. The van der Waals surface area contributed by atoms with Crippen molar-refractivity contribution in [1.82, 2.24) is 14.7 Å². The molecule has 0 spiro atoms. The van der Waals surface area contributed by atoms with Crippen molar-refractivity contribution in [3.8, 4) is 5.75 Å². The third-order valence-corrected chi connectivity index (χ3v) is 6.15. The van der Waals surface area contributed by atoms with E-state index in [9.17, 15) is 25.2 Å². The van der Waals surface area contributed by atoms with Gasteiger partial charge in [-0.3, -0.25) is 9.48 Å². The Morgan fingerprint density at radius 1 is 1.20 bits per heavy atom. The van der Waals surface area contributed by atoms with Crippen LogP contribution in [0.4, 0.5) is 0 Å². The van der Waals surface area contributed by atoms with E-state index in [1.165, 1.54) is 11.1 Å². The molecule has 0 fully saturated rings. The van der Waals surface area contributed by atoms with Gasteiger partial charge in [-0.2, -0.15) is 5.10 Å². The van der Waals surface area contributed by atoms with Gasteiger partial charge in [0.1, 0.15) is 30.2 Å². The normalized spacial score (nSPS) is 23.8. The van der Waals surface area contributed by atoms with Gasteiger partial charge in [0, 0.05) is 32.4 Å². The minimum Gasteiger partial charge on any atom is -0.493 e. The molecule has 4 atom stereocenters. The van der Waals surface area contributed by atoms with Gasteiger partial charge in [-0.1, -0.05) is 18.2 Å². The summed E-state index contributed by atoms with van der Waals surface area (Å²) in [6.07, 6.45) is 0.357. The molecule has 0 aliphatic carbocycles. The number of hydrogen-bond donors (Lipinski definition) is 4. The predicted octanol–water partition coefficient (Wildman–Crippen LogP) is 0.611. The van der Waals surface area contributed by atoms with E-state index in [1.54, 1.807) is 10.9 Å². The number of aromatic nitrogens is 2. The first-order valence-electron chi connectivity index (χ1n) is 12.2. The Morgan fingerprint density at radius 2 is 2.00 bits per heavy atom. The molecule has 2 aromatic rings. The van der Waals surface area contributed by atoms with E-state index in [0.29, 0.717) is 31.6 Å². The molecule has 4 N–H and O–H groups in total. The SMILES string of the molecule is CCn1cc(C(=O)N2CCCOc3ccccc3CCCCO[C@H]([C@H](O)CO)[C@H](O)[C@H](O)C2)cn1. The summed E-state index contributed by atoms with van der Waals surface area (Å²) in [6.45, 7) is 2.59. The molecular weight excluding hydrogens is 454 g/mol. The van der Waals surface area contributed by atoms with Crippen molar-refractivity contribution in [2.75, 3.05) is 32.9 Å². The van der Waals surface area contributed by atoms with Crippen LogP contribution >= 0.6 is 0 Å². The van der Waals surface area contributed by atoms with Gasteiger partial charge in [-0.05, 0) is 44.2 Å². The maximum Gasteiger partial charge on any atom is 0.257 e. The molecule has 0 unspecified atom stereocenters. The number of aryl methyl sites for hydroxylation is 2. The molecule has 1 aliphatic rings. The Bertz CT molecular complexity index is 922. The number of amides is 1. The van der Waals surface area contributed by atoms with Crippen molar-refractivity contribution >= 4 is 5.91 Å². The summed E-state index contributed by atoms with van der Waals surface area (Å²) in [4.78, 5) is 14.6. The van der Waals surface area contributed by atoms with Crippen LogP contribution < -0.4 is 4.74 Å². The lowest BCUT2D eigenvalue weighted by Crippen LogP contribution is -2.52. The van der Waals surface area contributed by atoms with Gasteiger partial charge in [-0.15, -0.1) is 0 Å². The lowest BCUT2D eigenvalue weighted by molar-refractivity contribution is -0.145. The molecule has 0 saturated carbocycles. The van der Waals surface area contributed by atoms with Gasteiger partial charge >= 0.3 is 0 Å². The summed E-state index contributed by atoms with van der Waals surface area (Å²) in [6, 6.07) is 7.81. The third-order valence-electron chi connectivity index (χ3n) is 6.15. The molecule has 194 valence electrons. The number of carbonyl (C=O) groups is 1. The zero-order valence-electron chi connectivity index (χ0n) is 20.2. The second kappa shape index (κ2) is 13.6. The Morgan fingerprint density at radius 3 is 2.74 bits per heavy atom. The first kappa shape index (κ1) is 27.1. The van der Waals surface area contributed by atoms with E-state index in [1.807, 2.05) is 31.2 Å². The number of carbonyl (C=O) groups excluding carboxylic acids is 1. The molecule has 3 rings (SSSR count). The summed E-state index contributed by atoms with van der Waals surface area (Å²) in [7, 11) is 0. The number of aliphatic hydroxyl groups excluding tert-OH is 4. The molecule has 35 heavy (non-hydrogen) atoms. The summed E-state index contributed by atoms with van der Waals surface area (Å²) in [5.41, 5.74) is 1.44. The van der Waals surface area contributed by atoms with E-state index < -0.39 is 31.0 Å². The smallest absolute Gasteiger partial charge is 0.257 e. The number of fused-ring (bicyclic) bond motifs is 1. The minimum atomic E-state index is -1.50. The van der Waals surface area contributed by atoms with Crippen LogP contribution in [0.5, 0.6) is 5.75 Å². The van der Waals surface area contributed by atoms with Crippen LogP contribution in [-0.2, 0) is 17.7 Å². The molecule has 1 amide bonds. The number of aliphatic hydroxyl groups is 4. The Labute approximate surface area is 205 Å². The first-order chi connectivity index (χ1) is 16.9. The first-order valence-corrected chi connectivity index (χ1v) is 12.2. The second-order valence-electron chi connectivity index (χ2n) is 8.75. The van der Waals surface area contributed by atoms with E-state index >= 15 is 0 Å². The zero-order chi connectivity index (χ0) is 25.2. The molecule has 2 heterocycles. The maximum atomic E-state index is 13.2. The fraction of sp³-hybridized carbons (Fsp3) is 0.600. The van der Waals surface area contributed by atoms with Crippen LogP contribution in [0.1, 0.15) is 42.1 Å². The topological polar surface area (TPSA) is 138 Å². The molecule has 0 radical (unpaired) electrons. The average molecular weight is 492 g/mol. The van der Waals surface area contributed by atoms with E-state index in [4.69, 9.17) is 9.47 Å². The monoisotopic (exact) mass is 491 g/mol. The summed E-state index contributed by atoms with van der Waals surface area (Å²) < 4.78 is 13.3. The number of benzene rings is 1. The zero-order valence-corrected chi connectivity index (χ0v) is 20.2. The maximum absolute atomic E-state index is 13.2. The van der Waals surface area contributed by atoms with Crippen molar-refractivity contribution in [3.63, 3.8) is 0 Å². The summed E-state index contributed by atoms with van der Waals surface area (Å²) in [5, 5.41) is 45.4. The lowest BCUT2D eigenvalue weighted by Gasteiger charge is -2.33. The van der Waals surface area contributed by atoms with Crippen molar-refractivity contribution in [2.45, 2.75) is 63.6 Å². The number of ether oxygens (including phenoxy) is 2. The van der Waals surface area contributed by atoms with Gasteiger partial charge < -0.3 is 34.8 Å². The van der Waals surface area contributed by atoms with Gasteiger partial charge in [-0.25, -0.2) is 0 Å². The number of rotatable bonds is 4. The van der Waals surface area contributed by atoms with E-state index in [2.05, 4.69) is 5.10 Å². The van der Waals surface area contributed by atoms with Gasteiger partial charge in [0.05, 0.1) is 25.0 Å². The molecule has 10 nitrogen and oxygen atoms in total. The predicted molar refractivity (Wildman–Crippen MR) is 128 cm³/mol. The number of β-amino-alcohol motifs (C(OH)–C–C–N with tert-alkyl or cyclic N) is 1. The lowest BCUT2D eigenvalue weighted by atomic mass is 10.0. The van der Waals surface area contributed by atoms with Crippen LogP contribution in [0.15, 0.2) is 36.7 Å². The Balaban J connectivity index is 1.81. The van der Waals surface area contributed by atoms with Gasteiger partial charge in [0.2, 0.25) is 0 Å². The molecule has 1 aromatic carbocycles. The van der Waals surface area contributed by atoms with Crippen LogP contribution in [0.25, 0.3) is 0 Å². The quantitative estimate of drug-likeness (QED) is 0.488. The highest BCUT2D eigenvalue weighted by Gasteiger charge is 2.34. The fourth-order valence-electron chi connectivity index (χ4n) is 4.12. The van der Waals surface area contributed by atoms with E-state index in [-0.39, 0.29) is 25.6 Å². The second-order valence-corrected chi connectivity index (χ2v) is 8.75. The number of nitrogens with zero attached hydrogens (tertiary/aromatic N) is 3. The molecular formula is C25H37N3O7. The van der Waals surface area contributed by atoms with Crippen molar-refractivity contribution < 1.29 is 34.7 Å². The van der Waals surface area contributed by atoms with Crippen LogP contribution in [0.3, 0.4) is 0 Å². The standard InChI is InChI=1S/C25H37N3O7/c1-2-28-15-19(14-26-28)25(33)27-11-7-13-34-22-10-4-3-8-18(22)9-5-6-12-35-24(21(31)17-29)23(32)20(30)16-27/h3-4,8,10,14-15,20-21,23-24,29-32H,2,5-7,9,11-13,16-17H2,1H3/t20-,21-,23-,24-/m1/s1. The molecule has 1 aliphatic heterocycles. The molecule has 10 heteroatoms. The van der Waals surface area contributed by atoms with Gasteiger partial charge in [0.25, 0.3) is 5.91 Å². The van der Waals surface area contributed by atoms with Crippen molar-refractivity contribution in [3.05, 3.63) is 47.8 Å². The largest absolute Gasteiger partial charge is 0.493 e. The van der Waals surface area contributed by atoms with Gasteiger partial charge in [0.15, 0.2) is 0 Å². The van der Waals surface area contributed by atoms with E-state index in [0.717, 1.165) is 24.2 Å². The summed E-state index contributed by atoms with van der Waals surface area (Å²) >= 11 is 0. The highest BCUT2D eigenvalue weighted by atomic mass is 16.5. The fourth-order valence-corrected chi connectivity index (χ4v) is 4.12. The van der Waals surface area contributed by atoms with Crippen LogP contribution in [-0.4, -0.2) is 98.3 Å². The number of hydrogen-bond acceptors (Lipinski definition) is 8. The summed E-state index contributed by atoms with van der Waals surface area (Å²) in [5.74, 6) is 0.462. The van der Waals surface area contributed by atoms with Crippen molar-refractivity contribution in [2.24, 2.45) is 0 Å². The molecule has 0 saturated heterocycles. The highest BCUT2D eigenvalue weighted by Crippen LogP contribution is 2.21. The highest BCUT2D eigenvalue weighted by molar-refractivity contribution is 5.93. The van der Waals surface area contributed by atoms with Crippen molar-refractivity contribution in [1.29, 1.82) is 0 Å². The Kier molecular flexibility index (Phi) is 10.5. The third kappa shape index (κ3) is 7.49. The number of para-hydroxylation sites is 1.